The van der Waals surface area contributed by atoms with E-state index in [-0.39, 0.29) is 0 Å². The lowest BCUT2D eigenvalue weighted by atomic mass is 10.1. The van der Waals surface area contributed by atoms with Crippen LogP contribution in [0.4, 0.5) is 17.1 Å². The molecule has 28 heavy (non-hydrogen) atoms. The summed E-state index contributed by atoms with van der Waals surface area (Å²) in [5.74, 6) is 0.349. The summed E-state index contributed by atoms with van der Waals surface area (Å²) < 4.78 is 5.23. The van der Waals surface area contributed by atoms with Crippen LogP contribution in [0.5, 0.6) is 0 Å². The molecule has 138 valence electrons. The Morgan fingerprint density at radius 3 is 1.61 bits per heavy atom. The van der Waals surface area contributed by atoms with E-state index >= 15 is 0 Å². The second-order valence-electron chi connectivity index (χ2n) is 6.87. The molecule has 3 nitrogen and oxygen atoms in total. The maximum Gasteiger partial charge on any atom is 0.185 e. The SMILES string of the molecule is Cc1ccc(N(c2ccc(C)cc2)c2ccc(-c3ccoc3C=O)cc2)cc1. The second-order valence-corrected chi connectivity index (χ2v) is 6.87. The maximum absolute atomic E-state index is 11.2. The van der Waals surface area contributed by atoms with Gasteiger partial charge in [-0.3, -0.25) is 4.79 Å². The first-order valence-corrected chi connectivity index (χ1v) is 9.22. The standard InChI is InChI=1S/C25H21NO2/c1-18-3-9-21(10-4-18)26(22-11-5-19(2)6-12-22)23-13-7-20(8-14-23)24-15-16-28-25(24)17-27/h3-17H,1-2H3. The van der Waals surface area contributed by atoms with E-state index in [1.165, 1.54) is 17.4 Å². The van der Waals surface area contributed by atoms with E-state index in [1.807, 2.05) is 18.2 Å². The van der Waals surface area contributed by atoms with E-state index in [9.17, 15) is 4.79 Å². The average molecular weight is 367 g/mol. The molecule has 0 atom stereocenters. The summed E-state index contributed by atoms with van der Waals surface area (Å²) in [6.45, 7) is 4.18. The van der Waals surface area contributed by atoms with Crippen LogP contribution in [0.25, 0.3) is 11.1 Å². The van der Waals surface area contributed by atoms with Crippen molar-refractivity contribution in [1.82, 2.24) is 0 Å². The molecule has 0 spiro atoms. The van der Waals surface area contributed by atoms with E-state index < -0.39 is 0 Å². The van der Waals surface area contributed by atoms with Crippen LogP contribution in [-0.4, -0.2) is 6.29 Å². The van der Waals surface area contributed by atoms with Gasteiger partial charge in [-0.2, -0.15) is 0 Å². The smallest absolute Gasteiger partial charge is 0.185 e. The third kappa shape index (κ3) is 3.47. The molecular formula is C25H21NO2. The van der Waals surface area contributed by atoms with Crippen LogP contribution in [0, 0.1) is 13.8 Å². The number of carbonyl (C=O) groups excluding carboxylic acids is 1. The van der Waals surface area contributed by atoms with E-state index in [0.29, 0.717) is 5.76 Å². The van der Waals surface area contributed by atoms with Gasteiger partial charge in [-0.15, -0.1) is 0 Å². The number of carbonyl (C=O) groups is 1. The minimum absolute atomic E-state index is 0.349. The van der Waals surface area contributed by atoms with Crippen LogP contribution < -0.4 is 4.90 Å². The minimum atomic E-state index is 0.349. The van der Waals surface area contributed by atoms with Crippen LogP contribution in [-0.2, 0) is 0 Å². The molecule has 1 heterocycles. The molecule has 4 aromatic rings. The lowest BCUT2D eigenvalue weighted by Crippen LogP contribution is -2.09. The van der Waals surface area contributed by atoms with Crippen molar-refractivity contribution >= 4 is 23.3 Å². The molecular weight excluding hydrogens is 346 g/mol. The molecule has 0 aliphatic rings. The number of nitrogens with zero attached hydrogens (tertiary/aromatic N) is 1. The highest BCUT2D eigenvalue weighted by molar-refractivity contribution is 5.85. The third-order valence-corrected chi connectivity index (χ3v) is 4.82. The predicted octanol–water partition coefficient (Wildman–Crippen LogP) is 6.85. The Morgan fingerprint density at radius 2 is 1.14 bits per heavy atom. The van der Waals surface area contributed by atoms with Crippen LogP contribution in [0.2, 0.25) is 0 Å². The summed E-state index contributed by atoms with van der Waals surface area (Å²) in [6, 6.07) is 27.0. The van der Waals surface area contributed by atoms with Gasteiger partial charge in [0.15, 0.2) is 12.0 Å². The number of anilines is 3. The molecule has 0 unspecified atom stereocenters. The van der Waals surface area contributed by atoms with Crippen molar-refractivity contribution in [3.8, 4) is 11.1 Å². The number of hydrogen-bond acceptors (Lipinski definition) is 3. The Kier molecular flexibility index (Phi) is 4.81. The molecule has 0 saturated carbocycles. The molecule has 4 rings (SSSR count). The van der Waals surface area contributed by atoms with Gasteiger partial charge in [0.25, 0.3) is 0 Å². The number of hydrogen-bond donors (Lipinski definition) is 0. The second kappa shape index (κ2) is 7.57. The number of aldehydes is 1. The first-order chi connectivity index (χ1) is 13.7. The predicted molar refractivity (Wildman–Crippen MR) is 114 cm³/mol. The zero-order valence-electron chi connectivity index (χ0n) is 15.9. The Hall–Kier alpha value is -3.59. The molecule has 0 saturated heterocycles. The summed E-state index contributed by atoms with van der Waals surface area (Å²) in [4.78, 5) is 13.4. The highest BCUT2D eigenvalue weighted by Crippen LogP contribution is 2.36. The molecule has 3 aromatic carbocycles. The van der Waals surface area contributed by atoms with E-state index in [2.05, 4.69) is 79.4 Å². The van der Waals surface area contributed by atoms with Crippen LogP contribution >= 0.6 is 0 Å². The van der Waals surface area contributed by atoms with Gasteiger partial charge in [0, 0.05) is 22.6 Å². The fourth-order valence-corrected chi connectivity index (χ4v) is 3.28. The highest BCUT2D eigenvalue weighted by atomic mass is 16.3. The largest absolute Gasteiger partial charge is 0.461 e. The van der Waals surface area contributed by atoms with Gasteiger partial charge >= 0.3 is 0 Å². The lowest BCUT2D eigenvalue weighted by Gasteiger charge is -2.26. The maximum atomic E-state index is 11.2. The van der Waals surface area contributed by atoms with Gasteiger partial charge in [0.2, 0.25) is 0 Å². The first-order valence-electron chi connectivity index (χ1n) is 9.22. The van der Waals surface area contributed by atoms with Gasteiger partial charge in [-0.25, -0.2) is 0 Å². The molecule has 0 radical (unpaired) electrons. The molecule has 0 fully saturated rings. The fraction of sp³-hybridized carbons (Fsp3) is 0.0800. The summed E-state index contributed by atoms with van der Waals surface area (Å²) in [7, 11) is 0. The van der Waals surface area contributed by atoms with Crippen molar-refractivity contribution in [2.24, 2.45) is 0 Å². The van der Waals surface area contributed by atoms with Crippen molar-refractivity contribution in [2.45, 2.75) is 13.8 Å². The topological polar surface area (TPSA) is 33.5 Å². The van der Waals surface area contributed by atoms with Crippen molar-refractivity contribution < 1.29 is 9.21 Å². The van der Waals surface area contributed by atoms with Crippen molar-refractivity contribution in [3.05, 3.63) is 102 Å². The quantitative estimate of drug-likeness (QED) is 0.362. The van der Waals surface area contributed by atoms with Gasteiger partial charge in [-0.05, 0) is 61.9 Å². The van der Waals surface area contributed by atoms with E-state index in [0.717, 1.165) is 34.5 Å². The molecule has 0 aliphatic heterocycles. The molecule has 3 heteroatoms. The Morgan fingerprint density at radius 1 is 0.679 bits per heavy atom. The summed E-state index contributed by atoms with van der Waals surface area (Å²) in [5.41, 5.74) is 7.45. The Balaban J connectivity index is 1.77. The third-order valence-electron chi connectivity index (χ3n) is 4.82. The normalized spacial score (nSPS) is 10.6. The van der Waals surface area contributed by atoms with Crippen LogP contribution in [0.1, 0.15) is 21.7 Å². The van der Waals surface area contributed by atoms with Gasteiger partial charge in [0.05, 0.1) is 6.26 Å². The summed E-state index contributed by atoms with van der Waals surface area (Å²) in [5, 5.41) is 0. The number of rotatable bonds is 5. The Bertz CT molecular complexity index is 1030. The lowest BCUT2D eigenvalue weighted by molar-refractivity contribution is 0.110. The molecule has 0 amide bonds. The molecule has 0 N–H and O–H groups in total. The fourth-order valence-electron chi connectivity index (χ4n) is 3.28. The first kappa shape index (κ1) is 17.8. The van der Waals surface area contributed by atoms with Gasteiger partial charge in [0.1, 0.15) is 0 Å². The molecule has 1 aromatic heterocycles. The number of aryl methyl sites for hydroxylation is 2. The van der Waals surface area contributed by atoms with Crippen molar-refractivity contribution in [3.63, 3.8) is 0 Å². The molecule has 0 aliphatic carbocycles. The number of benzene rings is 3. The van der Waals surface area contributed by atoms with Gasteiger partial charge < -0.3 is 9.32 Å². The van der Waals surface area contributed by atoms with Crippen LogP contribution in [0.3, 0.4) is 0 Å². The average Bonchev–Trinajstić information content (AvgIpc) is 3.20. The van der Waals surface area contributed by atoms with Crippen LogP contribution in [0.15, 0.2) is 89.5 Å². The van der Waals surface area contributed by atoms with E-state index in [1.54, 1.807) is 0 Å². The van der Waals surface area contributed by atoms with Crippen molar-refractivity contribution in [1.29, 1.82) is 0 Å². The zero-order chi connectivity index (χ0) is 19.5. The number of furan rings is 1. The summed E-state index contributed by atoms with van der Waals surface area (Å²) >= 11 is 0. The zero-order valence-corrected chi connectivity index (χ0v) is 15.9. The monoisotopic (exact) mass is 367 g/mol. The molecule has 0 bridgehead atoms. The van der Waals surface area contributed by atoms with Crippen molar-refractivity contribution in [2.75, 3.05) is 4.90 Å². The van der Waals surface area contributed by atoms with Gasteiger partial charge in [-0.1, -0.05) is 47.5 Å². The Labute approximate surface area is 164 Å². The minimum Gasteiger partial charge on any atom is -0.461 e. The summed E-state index contributed by atoms with van der Waals surface area (Å²) in [6.07, 6.45) is 2.28. The highest BCUT2D eigenvalue weighted by Gasteiger charge is 2.13. The van der Waals surface area contributed by atoms with E-state index in [4.69, 9.17) is 4.42 Å².